The molecular formula is C14H31N. The molecule has 1 nitrogen and oxygen atoms in total. The molecule has 1 heteroatoms. The van der Waals surface area contributed by atoms with Crippen LogP contribution >= 0.6 is 0 Å². The average Bonchev–Trinajstić information content (AvgIpc) is 2.02. The Kier molecular flexibility index (Phi) is 6.51. The van der Waals surface area contributed by atoms with E-state index in [1.165, 1.54) is 19.3 Å². The van der Waals surface area contributed by atoms with Crippen LogP contribution < -0.4 is 0 Å². The third-order valence-corrected chi connectivity index (χ3v) is 3.37. The van der Waals surface area contributed by atoms with E-state index in [0.29, 0.717) is 11.6 Å². The Hall–Kier alpha value is -0.0400. The molecule has 0 bridgehead atoms. The molecule has 15 heavy (non-hydrogen) atoms. The van der Waals surface area contributed by atoms with Gasteiger partial charge in [0.2, 0.25) is 0 Å². The van der Waals surface area contributed by atoms with Gasteiger partial charge in [0.15, 0.2) is 0 Å². The van der Waals surface area contributed by atoms with E-state index in [1.807, 2.05) is 0 Å². The molecule has 0 spiro atoms. The fraction of sp³-hybridized carbons (Fsp3) is 1.00. The third kappa shape index (κ3) is 5.01. The summed E-state index contributed by atoms with van der Waals surface area (Å²) in [5, 5.41) is 0. The summed E-state index contributed by atoms with van der Waals surface area (Å²) in [7, 11) is 0. The smallest absolute Gasteiger partial charge is 0.0158 e. The van der Waals surface area contributed by atoms with Gasteiger partial charge < -0.3 is 0 Å². The Labute approximate surface area is 97.2 Å². The zero-order chi connectivity index (χ0) is 12.1. The molecule has 0 fully saturated rings. The van der Waals surface area contributed by atoms with Gasteiger partial charge in [-0.2, -0.15) is 0 Å². The Morgan fingerprint density at radius 1 is 1.07 bits per heavy atom. The second kappa shape index (κ2) is 6.52. The topological polar surface area (TPSA) is 3.24 Å². The highest BCUT2D eigenvalue weighted by Crippen LogP contribution is 2.27. The van der Waals surface area contributed by atoms with Crippen molar-refractivity contribution in [1.82, 2.24) is 4.90 Å². The largest absolute Gasteiger partial charge is 0.296 e. The van der Waals surface area contributed by atoms with Crippen molar-refractivity contribution in [3.05, 3.63) is 0 Å². The summed E-state index contributed by atoms with van der Waals surface area (Å²) in [4.78, 5) is 2.61. The minimum atomic E-state index is 0.345. The van der Waals surface area contributed by atoms with Crippen molar-refractivity contribution in [3.8, 4) is 0 Å². The molecule has 0 saturated carbocycles. The minimum absolute atomic E-state index is 0.345. The molecule has 0 saturated heterocycles. The molecule has 0 rings (SSSR count). The lowest BCUT2D eigenvalue weighted by Crippen LogP contribution is -2.48. The third-order valence-electron chi connectivity index (χ3n) is 3.37. The molecule has 1 atom stereocenters. The maximum absolute atomic E-state index is 2.61. The monoisotopic (exact) mass is 213 g/mol. The summed E-state index contributed by atoms with van der Waals surface area (Å²) >= 11 is 0. The van der Waals surface area contributed by atoms with Gasteiger partial charge in [-0.3, -0.25) is 4.90 Å². The van der Waals surface area contributed by atoms with Crippen molar-refractivity contribution >= 4 is 0 Å². The quantitative estimate of drug-likeness (QED) is 0.609. The number of nitrogens with zero attached hydrogens (tertiary/aromatic N) is 1. The van der Waals surface area contributed by atoms with E-state index < -0.39 is 0 Å². The summed E-state index contributed by atoms with van der Waals surface area (Å²) in [6.45, 7) is 17.5. The van der Waals surface area contributed by atoms with Gasteiger partial charge in [-0.25, -0.2) is 0 Å². The first-order valence-corrected chi connectivity index (χ1v) is 6.61. The second-order valence-corrected chi connectivity index (χ2v) is 5.79. The Morgan fingerprint density at radius 3 is 1.93 bits per heavy atom. The van der Waals surface area contributed by atoms with Gasteiger partial charge in [0.05, 0.1) is 0 Å². The summed E-state index contributed by atoms with van der Waals surface area (Å²) in [6, 6.07) is 0.652. The van der Waals surface area contributed by atoms with Crippen LogP contribution in [-0.2, 0) is 0 Å². The van der Waals surface area contributed by atoms with Crippen LogP contribution in [0.15, 0.2) is 0 Å². The van der Waals surface area contributed by atoms with Gasteiger partial charge in [-0.1, -0.05) is 33.6 Å². The molecule has 0 amide bonds. The van der Waals surface area contributed by atoms with Crippen molar-refractivity contribution < 1.29 is 0 Å². The van der Waals surface area contributed by atoms with E-state index in [4.69, 9.17) is 0 Å². The van der Waals surface area contributed by atoms with Crippen molar-refractivity contribution in [2.45, 2.75) is 79.3 Å². The number of rotatable bonds is 7. The Bertz CT molecular complexity index is 161. The Balaban J connectivity index is 4.36. The molecule has 92 valence electrons. The van der Waals surface area contributed by atoms with E-state index in [9.17, 15) is 0 Å². The normalized spacial score (nSPS) is 15.0. The van der Waals surface area contributed by atoms with E-state index in [1.54, 1.807) is 0 Å². The van der Waals surface area contributed by atoms with Gasteiger partial charge in [0.1, 0.15) is 0 Å². The lowest BCUT2D eigenvalue weighted by Gasteiger charge is -2.42. The molecular weight excluding hydrogens is 182 g/mol. The summed E-state index contributed by atoms with van der Waals surface area (Å²) in [5.41, 5.74) is 0.345. The highest BCUT2D eigenvalue weighted by molar-refractivity contribution is 4.84. The first-order valence-electron chi connectivity index (χ1n) is 6.61. The van der Waals surface area contributed by atoms with Crippen molar-refractivity contribution in [2.24, 2.45) is 5.92 Å². The van der Waals surface area contributed by atoms with E-state index in [-0.39, 0.29) is 0 Å². The minimum Gasteiger partial charge on any atom is -0.296 e. The fourth-order valence-electron chi connectivity index (χ4n) is 3.06. The van der Waals surface area contributed by atoms with Crippen LogP contribution in [0.25, 0.3) is 0 Å². The maximum Gasteiger partial charge on any atom is 0.0158 e. The van der Waals surface area contributed by atoms with E-state index >= 15 is 0 Å². The van der Waals surface area contributed by atoms with Gasteiger partial charge in [0, 0.05) is 11.6 Å². The highest BCUT2D eigenvalue weighted by Gasteiger charge is 2.28. The first-order chi connectivity index (χ1) is 6.85. The number of hydrogen-bond acceptors (Lipinski definition) is 1. The summed E-state index contributed by atoms with van der Waals surface area (Å²) in [6.07, 6.45) is 3.98. The van der Waals surface area contributed by atoms with Crippen LogP contribution in [0.1, 0.15) is 67.7 Å². The van der Waals surface area contributed by atoms with Gasteiger partial charge in [-0.05, 0) is 46.6 Å². The van der Waals surface area contributed by atoms with Crippen molar-refractivity contribution in [1.29, 1.82) is 0 Å². The van der Waals surface area contributed by atoms with Gasteiger partial charge in [-0.15, -0.1) is 0 Å². The second-order valence-electron chi connectivity index (χ2n) is 5.79. The lowest BCUT2D eigenvalue weighted by molar-refractivity contribution is 0.0692. The highest BCUT2D eigenvalue weighted by atomic mass is 15.2. The van der Waals surface area contributed by atoms with Crippen LogP contribution in [0.3, 0.4) is 0 Å². The van der Waals surface area contributed by atoms with Crippen LogP contribution in [0, 0.1) is 5.92 Å². The predicted molar refractivity (Wildman–Crippen MR) is 70.3 cm³/mol. The van der Waals surface area contributed by atoms with E-state index in [2.05, 4.69) is 53.4 Å². The molecule has 0 heterocycles. The van der Waals surface area contributed by atoms with E-state index in [0.717, 1.165) is 12.5 Å². The van der Waals surface area contributed by atoms with Gasteiger partial charge in [0.25, 0.3) is 0 Å². The summed E-state index contributed by atoms with van der Waals surface area (Å²) < 4.78 is 0. The molecule has 0 aromatic heterocycles. The molecule has 0 aliphatic heterocycles. The summed E-state index contributed by atoms with van der Waals surface area (Å²) in [5.74, 6) is 0.845. The van der Waals surface area contributed by atoms with Crippen LogP contribution in [0.4, 0.5) is 0 Å². The molecule has 0 N–H and O–H groups in total. The van der Waals surface area contributed by atoms with Gasteiger partial charge >= 0.3 is 0 Å². The van der Waals surface area contributed by atoms with Crippen LogP contribution in [-0.4, -0.2) is 23.0 Å². The zero-order valence-corrected chi connectivity index (χ0v) is 11.9. The molecule has 0 radical (unpaired) electrons. The van der Waals surface area contributed by atoms with Crippen molar-refractivity contribution in [2.75, 3.05) is 6.54 Å². The standard InChI is InChI=1S/C14H31N/c1-8-10-13(5)11-14(6,7)15(9-2)12(3)4/h12-13H,8-11H2,1-7H3. The molecule has 1 unspecified atom stereocenters. The average molecular weight is 213 g/mol. The van der Waals surface area contributed by atoms with Crippen molar-refractivity contribution in [3.63, 3.8) is 0 Å². The zero-order valence-electron chi connectivity index (χ0n) is 11.9. The molecule has 0 aromatic carbocycles. The molecule has 0 aromatic rings. The fourth-order valence-corrected chi connectivity index (χ4v) is 3.06. The lowest BCUT2D eigenvalue weighted by atomic mass is 9.87. The SMILES string of the molecule is CCCC(C)CC(C)(C)N(CC)C(C)C. The predicted octanol–water partition coefficient (Wildman–Crippen LogP) is 4.32. The van der Waals surface area contributed by atoms with Crippen LogP contribution in [0.2, 0.25) is 0 Å². The molecule has 0 aliphatic carbocycles. The number of hydrogen-bond donors (Lipinski definition) is 0. The first kappa shape index (κ1) is 15.0. The molecule has 0 aliphatic rings. The Morgan fingerprint density at radius 2 is 1.60 bits per heavy atom. The van der Waals surface area contributed by atoms with Crippen LogP contribution in [0.5, 0.6) is 0 Å². The maximum atomic E-state index is 2.61.